The number of carbonyl (C=O) groups is 1. The summed E-state index contributed by atoms with van der Waals surface area (Å²) in [6.07, 6.45) is 0. The molecular weight excluding hydrogens is 381 g/mol. The zero-order chi connectivity index (χ0) is 19.7. The summed E-state index contributed by atoms with van der Waals surface area (Å²) in [5, 5.41) is 6.35. The van der Waals surface area contributed by atoms with Crippen LogP contribution in [0.2, 0.25) is 5.02 Å². The molecule has 1 atom stereocenters. The van der Waals surface area contributed by atoms with Crippen molar-refractivity contribution in [3.05, 3.63) is 75.8 Å². The fraction of sp³-hybridized carbons (Fsp3) is 0.158. The third kappa shape index (κ3) is 3.68. The van der Waals surface area contributed by atoms with Gasteiger partial charge in [0.05, 0.1) is 16.6 Å². The van der Waals surface area contributed by atoms with Gasteiger partial charge in [0.25, 0.3) is 5.91 Å². The van der Waals surface area contributed by atoms with E-state index in [1.165, 1.54) is 32.0 Å². The Kier molecular flexibility index (Phi) is 5.23. The van der Waals surface area contributed by atoms with Gasteiger partial charge in [0.2, 0.25) is 0 Å². The van der Waals surface area contributed by atoms with Gasteiger partial charge in [-0.1, -0.05) is 22.8 Å². The highest BCUT2D eigenvalue weighted by Gasteiger charge is 2.27. The summed E-state index contributed by atoms with van der Waals surface area (Å²) in [6.45, 7) is 2.97. The third-order valence-corrected chi connectivity index (χ3v) is 4.38. The number of aromatic nitrogens is 1. The first-order valence-corrected chi connectivity index (χ1v) is 8.34. The van der Waals surface area contributed by atoms with Gasteiger partial charge in [-0.3, -0.25) is 4.79 Å². The van der Waals surface area contributed by atoms with Crippen LogP contribution in [0.25, 0.3) is 11.3 Å². The second kappa shape index (κ2) is 7.44. The number of carbonyl (C=O) groups excluding carboxylic acids is 1. The molecule has 3 rings (SSSR count). The maximum Gasteiger partial charge on any atom is 0.257 e. The molecule has 3 aromatic rings. The van der Waals surface area contributed by atoms with Gasteiger partial charge in [-0.15, -0.1) is 0 Å². The van der Waals surface area contributed by atoms with Crippen molar-refractivity contribution in [2.24, 2.45) is 0 Å². The van der Waals surface area contributed by atoms with Crippen LogP contribution in [-0.2, 0) is 0 Å². The van der Waals surface area contributed by atoms with Gasteiger partial charge >= 0.3 is 0 Å². The lowest BCUT2D eigenvalue weighted by molar-refractivity contribution is 0.0938. The number of nitrogens with one attached hydrogen (secondary N) is 1. The number of aryl methyl sites for hydroxylation is 1. The molecular formula is C19H14ClF3N2O2. The number of benzene rings is 2. The lowest BCUT2D eigenvalue weighted by Gasteiger charge is -2.15. The Morgan fingerprint density at radius 1 is 1.19 bits per heavy atom. The van der Waals surface area contributed by atoms with Gasteiger partial charge < -0.3 is 9.84 Å². The zero-order valence-electron chi connectivity index (χ0n) is 14.3. The van der Waals surface area contributed by atoms with Crippen LogP contribution in [0.5, 0.6) is 0 Å². The average molecular weight is 395 g/mol. The predicted octanol–water partition coefficient (Wildman–Crippen LogP) is 5.21. The molecule has 140 valence electrons. The average Bonchev–Trinajstić information content (AvgIpc) is 2.98. The SMILES string of the molecule is Cc1onc(-c2c(F)cccc2Cl)c1C(=O)N[C@H](C)c1cc(F)ccc1F. The highest BCUT2D eigenvalue weighted by Crippen LogP contribution is 2.33. The molecule has 4 nitrogen and oxygen atoms in total. The first-order chi connectivity index (χ1) is 12.8. The molecule has 0 radical (unpaired) electrons. The molecule has 0 saturated carbocycles. The lowest BCUT2D eigenvalue weighted by Crippen LogP contribution is -2.28. The molecule has 1 N–H and O–H groups in total. The number of nitrogens with zero attached hydrogens (tertiary/aromatic N) is 1. The Morgan fingerprint density at radius 3 is 2.63 bits per heavy atom. The summed E-state index contributed by atoms with van der Waals surface area (Å²) in [7, 11) is 0. The molecule has 27 heavy (non-hydrogen) atoms. The van der Waals surface area contributed by atoms with Crippen molar-refractivity contribution in [2.45, 2.75) is 19.9 Å². The molecule has 0 unspecified atom stereocenters. The van der Waals surface area contributed by atoms with Crippen molar-refractivity contribution < 1.29 is 22.5 Å². The van der Waals surface area contributed by atoms with Crippen LogP contribution < -0.4 is 5.32 Å². The summed E-state index contributed by atoms with van der Waals surface area (Å²) in [5.74, 6) is -2.52. The Morgan fingerprint density at radius 2 is 1.93 bits per heavy atom. The maximum absolute atomic E-state index is 14.2. The number of rotatable bonds is 4. The van der Waals surface area contributed by atoms with E-state index < -0.39 is 29.4 Å². The molecule has 2 aromatic carbocycles. The van der Waals surface area contributed by atoms with Crippen molar-refractivity contribution >= 4 is 17.5 Å². The van der Waals surface area contributed by atoms with Gasteiger partial charge in [0.15, 0.2) is 0 Å². The molecule has 0 aliphatic carbocycles. The molecule has 0 aliphatic rings. The highest BCUT2D eigenvalue weighted by molar-refractivity contribution is 6.33. The molecule has 0 spiro atoms. The minimum atomic E-state index is -0.855. The van der Waals surface area contributed by atoms with Crippen molar-refractivity contribution in [3.8, 4) is 11.3 Å². The summed E-state index contributed by atoms with van der Waals surface area (Å²) in [6, 6.07) is 6.15. The van der Waals surface area contributed by atoms with Crippen molar-refractivity contribution in [1.82, 2.24) is 10.5 Å². The summed E-state index contributed by atoms with van der Waals surface area (Å²) in [5.41, 5.74) is -0.209. The molecule has 0 saturated heterocycles. The summed E-state index contributed by atoms with van der Waals surface area (Å²) < 4.78 is 46.6. The zero-order valence-corrected chi connectivity index (χ0v) is 15.1. The van der Waals surface area contributed by atoms with E-state index in [0.717, 1.165) is 18.2 Å². The van der Waals surface area contributed by atoms with E-state index in [9.17, 15) is 18.0 Å². The standard InChI is InChI=1S/C19H14ClF3N2O2/c1-9(12-8-11(21)6-7-14(12)22)24-19(26)16-10(2)27-25-18(16)17-13(20)4-3-5-15(17)23/h3-9H,1-2H3,(H,24,26)/t9-/m1/s1. The number of hydrogen-bond acceptors (Lipinski definition) is 3. The second-order valence-corrected chi connectivity index (χ2v) is 6.33. The number of amides is 1. The van der Waals surface area contributed by atoms with Crippen molar-refractivity contribution in [2.75, 3.05) is 0 Å². The smallest absolute Gasteiger partial charge is 0.257 e. The Bertz CT molecular complexity index is 1000. The first-order valence-electron chi connectivity index (χ1n) is 7.96. The normalized spacial score (nSPS) is 12.1. The molecule has 1 amide bonds. The van der Waals surface area contributed by atoms with Crippen LogP contribution in [-0.4, -0.2) is 11.1 Å². The Hall–Kier alpha value is -2.80. The van der Waals surface area contributed by atoms with Crippen LogP contribution >= 0.6 is 11.6 Å². The largest absolute Gasteiger partial charge is 0.360 e. The third-order valence-electron chi connectivity index (χ3n) is 4.06. The van der Waals surface area contributed by atoms with E-state index in [-0.39, 0.29) is 33.2 Å². The van der Waals surface area contributed by atoms with Crippen LogP contribution in [0.4, 0.5) is 13.2 Å². The van der Waals surface area contributed by atoms with E-state index in [1.54, 1.807) is 0 Å². The summed E-state index contributed by atoms with van der Waals surface area (Å²) in [4.78, 5) is 12.7. The summed E-state index contributed by atoms with van der Waals surface area (Å²) >= 11 is 6.05. The van der Waals surface area contributed by atoms with Crippen molar-refractivity contribution in [3.63, 3.8) is 0 Å². The minimum Gasteiger partial charge on any atom is -0.360 e. The van der Waals surface area contributed by atoms with E-state index in [0.29, 0.717) is 0 Å². The fourth-order valence-corrected chi connectivity index (χ4v) is 2.98. The highest BCUT2D eigenvalue weighted by atomic mass is 35.5. The van der Waals surface area contributed by atoms with E-state index in [2.05, 4.69) is 10.5 Å². The molecule has 0 aliphatic heterocycles. The molecule has 1 aromatic heterocycles. The first kappa shape index (κ1) is 19.0. The van der Waals surface area contributed by atoms with Gasteiger partial charge in [0, 0.05) is 5.56 Å². The van der Waals surface area contributed by atoms with Crippen LogP contribution in [0.1, 0.15) is 34.6 Å². The van der Waals surface area contributed by atoms with Crippen LogP contribution in [0.3, 0.4) is 0 Å². The quantitative estimate of drug-likeness (QED) is 0.660. The molecule has 0 fully saturated rings. The van der Waals surface area contributed by atoms with Gasteiger partial charge in [0.1, 0.15) is 34.5 Å². The maximum atomic E-state index is 14.2. The Labute approximate surface area is 157 Å². The monoisotopic (exact) mass is 394 g/mol. The van der Waals surface area contributed by atoms with Gasteiger partial charge in [-0.25, -0.2) is 13.2 Å². The van der Waals surface area contributed by atoms with Crippen molar-refractivity contribution in [1.29, 1.82) is 0 Å². The van der Waals surface area contributed by atoms with E-state index in [1.807, 2.05) is 0 Å². The van der Waals surface area contributed by atoms with E-state index >= 15 is 0 Å². The molecule has 0 bridgehead atoms. The van der Waals surface area contributed by atoms with Crippen LogP contribution in [0, 0.1) is 24.4 Å². The number of halogens is 4. The predicted molar refractivity (Wildman–Crippen MR) is 93.9 cm³/mol. The fourth-order valence-electron chi connectivity index (χ4n) is 2.73. The number of hydrogen-bond donors (Lipinski definition) is 1. The molecule has 8 heteroatoms. The second-order valence-electron chi connectivity index (χ2n) is 5.92. The van der Waals surface area contributed by atoms with Gasteiger partial charge in [-0.2, -0.15) is 0 Å². The van der Waals surface area contributed by atoms with Crippen LogP contribution in [0.15, 0.2) is 40.9 Å². The molecule has 1 heterocycles. The topological polar surface area (TPSA) is 55.1 Å². The van der Waals surface area contributed by atoms with E-state index in [4.69, 9.17) is 16.1 Å². The minimum absolute atomic E-state index is 0.0251. The van der Waals surface area contributed by atoms with Gasteiger partial charge in [-0.05, 0) is 44.2 Å². The Balaban J connectivity index is 1.97. The lowest BCUT2D eigenvalue weighted by atomic mass is 10.0.